The first-order valence-corrected chi connectivity index (χ1v) is 11.2. The van der Waals surface area contributed by atoms with E-state index in [9.17, 15) is 9.59 Å². The van der Waals surface area contributed by atoms with E-state index >= 15 is 0 Å². The predicted molar refractivity (Wildman–Crippen MR) is 115 cm³/mol. The van der Waals surface area contributed by atoms with Gasteiger partial charge in [-0.25, -0.2) is 0 Å². The van der Waals surface area contributed by atoms with E-state index in [1.54, 1.807) is 0 Å². The van der Waals surface area contributed by atoms with Crippen molar-refractivity contribution in [3.63, 3.8) is 0 Å². The number of likely N-dealkylation sites (tertiary alicyclic amines) is 1. The van der Waals surface area contributed by atoms with Crippen LogP contribution >= 0.6 is 23.7 Å². The summed E-state index contributed by atoms with van der Waals surface area (Å²) in [5.41, 5.74) is 6.37. The number of nitrogens with two attached hydrogens (primary N) is 1. The summed E-state index contributed by atoms with van der Waals surface area (Å²) in [7, 11) is 0. The van der Waals surface area contributed by atoms with Crippen LogP contribution < -0.4 is 11.1 Å². The number of nitrogens with one attached hydrogen (secondary N) is 1. The lowest BCUT2D eigenvalue weighted by atomic mass is 9.65. The number of aryl methyl sites for hydroxylation is 1. The fourth-order valence-corrected chi connectivity index (χ4v) is 6.08. The van der Waals surface area contributed by atoms with Crippen LogP contribution in [-0.2, 0) is 4.79 Å². The van der Waals surface area contributed by atoms with E-state index in [2.05, 4.69) is 5.32 Å². The van der Waals surface area contributed by atoms with Gasteiger partial charge in [0.15, 0.2) is 0 Å². The number of piperidine rings is 1. The SMILES string of the molecule is Cc1ccc(C(=O)NC2CCN(C(=O)C3CC4CCCC(C3)C4N)CC2)s1.Cl. The quantitative estimate of drug-likeness (QED) is 0.779. The van der Waals surface area contributed by atoms with Gasteiger partial charge in [-0.1, -0.05) is 6.42 Å². The van der Waals surface area contributed by atoms with E-state index in [0.717, 1.165) is 48.5 Å². The third kappa shape index (κ3) is 4.55. The molecule has 2 heterocycles. The Balaban J connectivity index is 0.00000225. The van der Waals surface area contributed by atoms with E-state index in [1.165, 1.54) is 30.6 Å². The van der Waals surface area contributed by atoms with Gasteiger partial charge in [-0.15, -0.1) is 23.7 Å². The molecule has 2 unspecified atom stereocenters. The Morgan fingerprint density at radius 2 is 1.75 bits per heavy atom. The van der Waals surface area contributed by atoms with Crippen LogP contribution in [0.15, 0.2) is 12.1 Å². The van der Waals surface area contributed by atoms with Gasteiger partial charge >= 0.3 is 0 Å². The number of carbonyl (C=O) groups is 2. The average Bonchev–Trinajstić information content (AvgIpc) is 3.08. The van der Waals surface area contributed by atoms with Gasteiger partial charge < -0.3 is 16.0 Å². The molecule has 2 saturated carbocycles. The van der Waals surface area contributed by atoms with E-state index in [-0.39, 0.29) is 30.3 Å². The summed E-state index contributed by atoms with van der Waals surface area (Å²) < 4.78 is 0. The Bertz CT molecular complexity index is 688. The van der Waals surface area contributed by atoms with Crippen molar-refractivity contribution in [3.05, 3.63) is 21.9 Å². The maximum Gasteiger partial charge on any atom is 0.261 e. The fraction of sp³-hybridized carbons (Fsp3) is 0.714. The summed E-state index contributed by atoms with van der Waals surface area (Å²) in [6.45, 7) is 3.52. The molecule has 5 nitrogen and oxygen atoms in total. The van der Waals surface area contributed by atoms with Crippen molar-refractivity contribution in [2.45, 2.75) is 64.0 Å². The van der Waals surface area contributed by atoms with Gasteiger partial charge in [0.2, 0.25) is 5.91 Å². The van der Waals surface area contributed by atoms with Gasteiger partial charge in [-0.05, 0) is 69.4 Å². The van der Waals surface area contributed by atoms with E-state index in [4.69, 9.17) is 5.73 Å². The highest BCUT2D eigenvalue weighted by Crippen LogP contribution is 2.42. The molecule has 156 valence electrons. The fourth-order valence-electron chi connectivity index (χ4n) is 5.31. The normalized spacial score (nSPS) is 30.4. The molecular weight excluding hydrogens is 394 g/mol. The van der Waals surface area contributed by atoms with Gasteiger partial charge in [0.1, 0.15) is 0 Å². The Hall–Kier alpha value is -1.11. The lowest BCUT2D eigenvalue weighted by Gasteiger charge is -2.45. The van der Waals surface area contributed by atoms with Gasteiger partial charge in [0.25, 0.3) is 5.91 Å². The minimum absolute atomic E-state index is 0. The van der Waals surface area contributed by atoms with Crippen LogP contribution in [0.2, 0.25) is 0 Å². The second-order valence-electron chi connectivity index (χ2n) is 8.68. The minimum Gasteiger partial charge on any atom is -0.348 e. The molecule has 2 bridgehead atoms. The molecule has 28 heavy (non-hydrogen) atoms. The van der Waals surface area contributed by atoms with Crippen molar-refractivity contribution in [2.24, 2.45) is 23.5 Å². The number of thiophene rings is 1. The lowest BCUT2D eigenvalue weighted by molar-refractivity contribution is -0.139. The molecule has 2 amide bonds. The van der Waals surface area contributed by atoms with Gasteiger partial charge in [-0.3, -0.25) is 9.59 Å². The number of rotatable bonds is 3. The van der Waals surface area contributed by atoms with Gasteiger partial charge in [0, 0.05) is 36.0 Å². The second kappa shape index (κ2) is 9.14. The van der Waals surface area contributed by atoms with Crippen molar-refractivity contribution in [1.82, 2.24) is 10.2 Å². The van der Waals surface area contributed by atoms with Crippen LogP contribution in [0.5, 0.6) is 0 Å². The highest BCUT2D eigenvalue weighted by Gasteiger charge is 2.42. The molecule has 1 aromatic rings. The summed E-state index contributed by atoms with van der Waals surface area (Å²) in [5, 5.41) is 3.14. The zero-order valence-electron chi connectivity index (χ0n) is 16.6. The Morgan fingerprint density at radius 1 is 1.11 bits per heavy atom. The zero-order chi connectivity index (χ0) is 19.0. The monoisotopic (exact) mass is 425 g/mol. The Morgan fingerprint density at radius 3 is 2.32 bits per heavy atom. The molecule has 4 rings (SSSR count). The van der Waals surface area contributed by atoms with E-state index in [0.29, 0.717) is 23.8 Å². The van der Waals surface area contributed by atoms with Crippen molar-refractivity contribution in [3.8, 4) is 0 Å². The standard InChI is InChI=1S/C21H31N3O2S.ClH/c1-13-5-6-18(27-13)20(25)23-17-7-9-24(10-8-17)21(26)16-11-14-3-2-4-15(12-16)19(14)22;/h5-6,14-17,19H,2-4,7-12,22H2,1H3,(H,23,25);1H. The molecule has 7 heteroatoms. The van der Waals surface area contributed by atoms with E-state index in [1.807, 2.05) is 24.0 Å². The molecule has 3 aliphatic rings. The highest BCUT2D eigenvalue weighted by atomic mass is 35.5. The zero-order valence-corrected chi connectivity index (χ0v) is 18.2. The topological polar surface area (TPSA) is 75.4 Å². The first-order valence-electron chi connectivity index (χ1n) is 10.4. The number of fused-ring (bicyclic) bond motifs is 2. The molecule has 0 aromatic carbocycles. The summed E-state index contributed by atoms with van der Waals surface area (Å²) in [6, 6.07) is 4.35. The largest absolute Gasteiger partial charge is 0.348 e. The van der Waals surface area contributed by atoms with Crippen LogP contribution in [0, 0.1) is 24.7 Å². The van der Waals surface area contributed by atoms with E-state index < -0.39 is 0 Å². The van der Waals surface area contributed by atoms with Crippen molar-refractivity contribution < 1.29 is 9.59 Å². The predicted octanol–water partition coefficient (Wildman–Crippen LogP) is 3.35. The summed E-state index contributed by atoms with van der Waals surface area (Å²) in [5.74, 6) is 1.60. The molecule has 3 fully saturated rings. The van der Waals surface area contributed by atoms with Gasteiger partial charge in [0.05, 0.1) is 4.88 Å². The number of nitrogens with zero attached hydrogens (tertiary/aromatic N) is 1. The van der Waals surface area contributed by atoms with Crippen molar-refractivity contribution in [1.29, 1.82) is 0 Å². The molecule has 1 saturated heterocycles. The van der Waals surface area contributed by atoms with Crippen molar-refractivity contribution in [2.75, 3.05) is 13.1 Å². The van der Waals surface area contributed by atoms with Crippen LogP contribution in [-0.4, -0.2) is 41.9 Å². The maximum absolute atomic E-state index is 13.0. The number of hydrogen-bond acceptors (Lipinski definition) is 4. The van der Waals surface area contributed by atoms with Gasteiger partial charge in [-0.2, -0.15) is 0 Å². The molecule has 2 aliphatic carbocycles. The smallest absolute Gasteiger partial charge is 0.261 e. The molecule has 2 atom stereocenters. The lowest BCUT2D eigenvalue weighted by Crippen LogP contribution is -2.52. The molecule has 0 radical (unpaired) electrons. The molecule has 3 N–H and O–H groups in total. The summed E-state index contributed by atoms with van der Waals surface area (Å²) >= 11 is 1.53. The summed E-state index contributed by atoms with van der Waals surface area (Å²) in [4.78, 5) is 29.3. The molecule has 1 aliphatic heterocycles. The third-order valence-electron chi connectivity index (χ3n) is 6.87. The van der Waals surface area contributed by atoms with Crippen LogP contribution in [0.1, 0.15) is 59.5 Å². The number of carbonyl (C=O) groups excluding carboxylic acids is 2. The van der Waals surface area contributed by atoms with Crippen molar-refractivity contribution >= 4 is 35.6 Å². The third-order valence-corrected chi connectivity index (χ3v) is 7.87. The first kappa shape index (κ1) is 21.6. The Kier molecular flexibility index (Phi) is 7.05. The second-order valence-corrected chi connectivity index (χ2v) is 9.97. The minimum atomic E-state index is 0. The number of halogens is 1. The van der Waals surface area contributed by atoms with Crippen LogP contribution in [0.25, 0.3) is 0 Å². The van der Waals surface area contributed by atoms with Crippen LogP contribution in [0.4, 0.5) is 0 Å². The molecular formula is C21H32ClN3O2S. The van der Waals surface area contributed by atoms with Crippen LogP contribution in [0.3, 0.4) is 0 Å². The maximum atomic E-state index is 13.0. The first-order chi connectivity index (χ1) is 13.0. The highest BCUT2D eigenvalue weighted by molar-refractivity contribution is 7.13. The number of amides is 2. The Labute approximate surface area is 177 Å². The molecule has 0 spiro atoms. The molecule has 1 aromatic heterocycles. The summed E-state index contributed by atoms with van der Waals surface area (Å²) in [6.07, 6.45) is 7.31. The average molecular weight is 426 g/mol. The number of hydrogen-bond donors (Lipinski definition) is 2.